The Kier molecular flexibility index (Phi) is 14.4. The SMILES string of the molecule is C=C(C)C(=O)OCC(O)CO.CCC[Si](O[Si](C)(C)C)(O[Si](C)(C)C)O[Si](C)(C)C. The third-order valence-corrected chi connectivity index (χ3v) is 15.1. The molecule has 0 spiro atoms. The maximum absolute atomic E-state index is 10.6. The predicted molar refractivity (Wildman–Crippen MR) is 133 cm³/mol. The second kappa shape index (κ2) is 13.4. The third kappa shape index (κ3) is 18.6. The van der Waals surface area contributed by atoms with E-state index in [1.165, 1.54) is 6.92 Å². The van der Waals surface area contributed by atoms with Crippen molar-refractivity contribution >= 4 is 39.7 Å². The molecule has 0 saturated carbocycles. The van der Waals surface area contributed by atoms with Gasteiger partial charge in [0.2, 0.25) is 0 Å². The molecule has 7 nitrogen and oxygen atoms in total. The van der Waals surface area contributed by atoms with Gasteiger partial charge in [0.15, 0.2) is 25.0 Å². The first kappa shape index (κ1) is 32.1. The Bertz CT molecular complexity index is 482. The van der Waals surface area contributed by atoms with Gasteiger partial charge in [0.05, 0.1) is 6.61 Å². The number of hydrogen-bond acceptors (Lipinski definition) is 7. The monoisotopic (exact) mass is 498 g/mol. The number of ether oxygens (including phenoxy) is 1. The minimum atomic E-state index is -2.52. The van der Waals surface area contributed by atoms with Crippen LogP contribution in [0.5, 0.6) is 0 Å². The van der Waals surface area contributed by atoms with Crippen LogP contribution in [0.4, 0.5) is 0 Å². The topological polar surface area (TPSA) is 94.5 Å². The summed E-state index contributed by atoms with van der Waals surface area (Å²) in [5.41, 5.74) is 0.273. The van der Waals surface area contributed by atoms with Gasteiger partial charge in [0.1, 0.15) is 12.7 Å². The molecule has 1 unspecified atom stereocenters. The lowest BCUT2D eigenvalue weighted by molar-refractivity contribution is -0.142. The second-order valence-corrected chi connectivity index (χ2v) is 27.3. The highest BCUT2D eigenvalue weighted by Crippen LogP contribution is 2.29. The molecular formula is C19H46O7Si4. The Hall–Kier alpha value is -0.122. The molecule has 1 atom stereocenters. The number of rotatable bonds is 12. The van der Waals surface area contributed by atoms with E-state index in [2.05, 4.69) is 77.2 Å². The van der Waals surface area contributed by atoms with Crippen LogP contribution < -0.4 is 0 Å². The maximum atomic E-state index is 10.6. The molecule has 0 aliphatic heterocycles. The van der Waals surface area contributed by atoms with Gasteiger partial charge in [-0.05, 0) is 65.8 Å². The largest absolute Gasteiger partial charge is 0.469 e. The molecule has 0 bridgehead atoms. The van der Waals surface area contributed by atoms with Gasteiger partial charge in [0, 0.05) is 11.6 Å². The normalized spacial score (nSPS) is 13.9. The summed E-state index contributed by atoms with van der Waals surface area (Å²) < 4.78 is 24.1. The minimum absolute atomic E-state index is 0.192. The lowest BCUT2D eigenvalue weighted by Gasteiger charge is -2.42. The summed E-state index contributed by atoms with van der Waals surface area (Å²) in [7, 11) is -7.54. The average Bonchev–Trinajstić information content (AvgIpc) is 2.47. The van der Waals surface area contributed by atoms with Crippen molar-refractivity contribution in [1.29, 1.82) is 0 Å². The molecule has 180 valence electrons. The summed E-state index contributed by atoms with van der Waals surface area (Å²) in [6, 6.07) is 0.950. The Morgan fingerprint density at radius 1 is 0.900 bits per heavy atom. The Labute approximate surface area is 188 Å². The number of hydrogen-bond donors (Lipinski definition) is 2. The first-order valence-electron chi connectivity index (χ1n) is 10.5. The fourth-order valence-corrected chi connectivity index (χ4v) is 16.9. The fraction of sp³-hybridized carbons (Fsp3) is 0.842. The highest BCUT2D eigenvalue weighted by molar-refractivity contribution is 6.90. The zero-order chi connectivity index (χ0) is 24.4. The van der Waals surface area contributed by atoms with Crippen molar-refractivity contribution in [2.45, 2.75) is 91.3 Å². The van der Waals surface area contributed by atoms with Gasteiger partial charge in [-0.1, -0.05) is 19.9 Å². The number of aliphatic hydroxyl groups excluding tert-OH is 2. The fourth-order valence-electron chi connectivity index (χ4n) is 2.27. The number of aliphatic hydroxyl groups is 2. The van der Waals surface area contributed by atoms with Crippen LogP contribution in [0.25, 0.3) is 0 Å². The zero-order valence-electron chi connectivity index (χ0n) is 21.0. The van der Waals surface area contributed by atoms with Crippen LogP contribution >= 0.6 is 0 Å². The van der Waals surface area contributed by atoms with Crippen molar-refractivity contribution in [2.75, 3.05) is 13.2 Å². The van der Waals surface area contributed by atoms with Gasteiger partial charge in [-0.2, -0.15) is 0 Å². The molecule has 0 amide bonds. The van der Waals surface area contributed by atoms with Crippen LogP contribution in [0.15, 0.2) is 12.2 Å². The quantitative estimate of drug-likeness (QED) is 0.235. The van der Waals surface area contributed by atoms with Crippen LogP contribution in [0.2, 0.25) is 65.0 Å². The molecule has 0 aliphatic rings. The standard InChI is InChI=1S/C12H34O3Si4.C7H12O4/c1-11-12-19(13-16(2,3)4,14-17(5,6)7)15-18(8,9)10;1-5(2)7(10)11-4-6(9)3-8/h11-12H2,1-10H3;6,8-9H,1,3-4H2,2H3. The van der Waals surface area contributed by atoms with Crippen LogP contribution in [0, 0.1) is 0 Å². The summed E-state index contributed by atoms with van der Waals surface area (Å²) in [6.45, 7) is 26.5. The lowest BCUT2D eigenvalue weighted by Crippen LogP contribution is -2.60. The summed E-state index contributed by atoms with van der Waals surface area (Å²) >= 11 is 0. The number of esters is 1. The van der Waals surface area contributed by atoms with Gasteiger partial charge in [-0.15, -0.1) is 0 Å². The predicted octanol–water partition coefficient (Wildman–Crippen LogP) is 4.35. The highest BCUT2D eigenvalue weighted by atomic mass is 28.5. The molecule has 30 heavy (non-hydrogen) atoms. The molecule has 0 radical (unpaired) electrons. The van der Waals surface area contributed by atoms with E-state index in [0.29, 0.717) is 0 Å². The molecular weight excluding hydrogens is 453 g/mol. The van der Waals surface area contributed by atoms with E-state index in [-0.39, 0.29) is 12.2 Å². The molecule has 11 heteroatoms. The molecule has 0 fully saturated rings. The third-order valence-electron chi connectivity index (χ3n) is 2.91. The van der Waals surface area contributed by atoms with E-state index in [9.17, 15) is 4.79 Å². The van der Waals surface area contributed by atoms with Gasteiger partial charge in [-0.3, -0.25) is 0 Å². The lowest BCUT2D eigenvalue weighted by atomic mass is 10.3. The summed E-state index contributed by atoms with van der Waals surface area (Å²) in [6.07, 6.45) is 0.0596. The van der Waals surface area contributed by atoms with Crippen molar-refractivity contribution < 1.29 is 32.1 Å². The Morgan fingerprint density at radius 2 is 1.27 bits per heavy atom. The van der Waals surface area contributed by atoms with Crippen molar-refractivity contribution in [2.24, 2.45) is 0 Å². The van der Waals surface area contributed by atoms with Crippen molar-refractivity contribution in [1.82, 2.24) is 0 Å². The second-order valence-electron chi connectivity index (χ2n) is 10.3. The molecule has 0 aliphatic carbocycles. The minimum Gasteiger partial charge on any atom is -0.460 e. The van der Waals surface area contributed by atoms with Gasteiger partial charge >= 0.3 is 14.8 Å². The van der Waals surface area contributed by atoms with E-state index in [1.54, 1.807) is 0 Å². The molecule has 0 rings (SSSR count). The van der Waals surface area contributed by atoms with Gasteiger partial charge < -0.3 is 27.3 Å². The van der Waals surface area contributed by atoms with E-state index >= 15 is 0 Å². The van der Waals surface area contributed by atoms with Gasteiger partial charge in [-0.25, -0.2) is 4.79 Å². The van der Waals surface area contributed by atoms with E-state index in [0.717, 1.165) is 12.5 Å². The summed E-state index contributed by atoms with van der Waals surface area (Å²) in [5.74, 6) is -0.558. The molecule has 0 aromatic carbocycles. The summed E-state index contributed by atoms with van der Waals surface area (Å²) in [4.78, 5) is 10.6. The van der Waals surface area contributed by atoms with Crippen LogP contribution in [-0.4, -0.2) is 69.3 Å². The average molecular weight is 499 g/mol. The molecule has 0 aromatic heterocycles. The maximum Gasteiger partial charge on any atom is 0.469 e. The highest BCUT2D eigenvalue weighted by Gasteiger charge is 2.49. The van der Waals surface area contributed by atoms with Gasteiger partial charge in [0.25, 0.3) is 0 Å². The zero-order valence-corrected chi connectivity index (χ0v) is 25.0. The van der Waals surface area contributed by atoms with Crippen LogP contribution in [0.1, 0.15) is 20.3 Å². The van der Waals surface area contributed by atoms with Crippen molar-refractivity contribution in [3.8, 4) is 0 Å². The molecule has 0 saturated heterocycles. The van der Waals surface area contributed by atoms with Crippen molar-refractivity contribution in [3.63, 3.8) is 0 Å². The van der Waals surface area contributed by atoms with E-state index in [4.69, 9.17) is 22.6 Å². The molecule has 0 aromatic rings. The molecule has 0 heterocycles. The Morgan fingerprint density at radius 3 is 1.50 bits per heavy atom. The molecule has 2 N–H and O–H groups in total. The van der Waals surface area contributed by atoms with E-state index < -0.39 is 52.4 Å². The van der Waals surface area contributed by atoms with Crippen molar-refractivity contribution in [3.05, 3.63) is 12.2 Å². The number of carbonyl (C=O) groups excluding carboxylic acids is 1. The first-order valence-corrected chi connectivity index (χ1v) is 22.6. The van der Waals surface area contributed by atoms with E-state index in [1.807, 2.05) is 0 Å². The number of carbonyl (C=O) groups is 1. The Balaban J connectivity index is 0. The van der Waals surface area contributed by atoms with Crippen LogP contribution in [-0.2, 0) is 21.9 Å². The van der Waals surface area contributed by atoms with Crippen LogP contribution in [0.3, 0.4) is 0 Å². The smallest absolute Gasteiger partial charge is 0.460 e. The first-order chi connectivity index (χ1) is 13.3. The summed E-state index contributed by atoms with van der Waals surface area (Å²) in [5, 5.41) is 17.1.